The van der Waals surface area contributed by atoms with Crippen molar-refractivity contribution in [2.24, 2.45) is 5.92 Å². The first-order chi connectivity index (χ1) is 14.6. The molecule has 2 atom stereocenters. The van der Waals surface area contributed by atoms with E-state index in [1.165, 1.54) is 0 Å². The minimum absolute atomic E-state index is 0.0166. The molecule has 1 saturated heterocycles. The van der Waals surface area contributed by atoms with Gasteiger partial charge < -0.3 is 14.7 Å². The second-order valence-corrected chi connectivity index (χ2v) is 7.63. The van der Waals surface area contributed by atoms with E-state index in [9.17, 15) is 27.1 Å². The molecule has 0 bridgehead atoms. The molecular weight excluding hydrogens is 421 g/mol. The molecule has 1 N–H and O–H groups in total. The number of halogens is 5. The maximum atomic E-state index is 13.0. The van der Waals surface area contributed by atoms with Gasteiger partial charge in [-0.1, -0.05) is 6.92 Å². The predicted molar refractivity (Wildman–Crippen MR) is 104 cm³/mol. The molecule has 1 aromatic carbocycles. The highest BCUT2D eigenvalue weighted by molar-refractivity contribution is 5.70. The summed E-state index contributed by atoms with van der Waals surface area (Å²) >= 11 is 0. The summed E-state index contributed by atoms with van der Waals surface area (Å²) < 4.78 is 68.9. The van der Waals surface area contributed by atoms with Gasteiger partial charge >= 0.3 is 12.8 Å². The molecule has 1 unspecified atom stereocenters. The number of aliphatic hydroxyl groups excluding tert-OH is 1. The zero-order valence-electron chi connectivity index (χ0n) is 17.2. The lowest BCUT2D eigenvalue weighted by atomic mass is 9.90. The van der Waals surface area contributed by atoms with E-state index in [2.05, 4.69) is 26.8 Å². The van der Waals surface area contributed by atoms with Crippen LogP contribution < -0.4 is 4.74 Å². The molecule has 5 nitrogen and oxygen atoms in total. The number of hydrogen-bond donors (Lipinski definition) is 1. The highest BCUT2D eigenvalue weighted by Crippen LogP contribution is 2.38. The van der Waals surface area contributed by atoms with Crippen molar-refractivity contribution in [2.75, 3.05) is 19.6 Å². The highest BCUT2D eigenvalue weighted by atomic mass is 19.4. The number of benzene rings is 1. The van der Waals surface area contributed by atoms with Gasteiger partial charge in [-0.05, 0) is 62.7 Å². The van der Waals surface area contributed by atoms with E-state index < -0.39 is 30.2 Å². The molecule has 1 aromatic heterocycles. The Kier molecular flexibility index (Phi) is 7.10. The first-order valence-electron chi connectivity index (χ1n) is 10.0. The Morgan fingerprint density at radius 1 is 1.23 bits per heavy atom. The number of likely N-dealkylation sites (tertiary alicyclic amines) is 1. The molecule has 3 rings (SSSR count). The van der Waals surface area contributed by atoms with Crippen LogP contribution in [0.3, 0.4) is 0 Å². The van der Waals surface area contributed by atoms with Crippen LogP contribution in [0, 0.1) is 12.8 Å². The molecule has 0 aliphatic carbocycles. The minimum Gasteiger partial charge on any atom is -0.434 e. The van der Waals surface area contributed by atoms with Gasteiger partial charge in [0.15, 0.2) is 0 Å². The number of ether oxygens (including phenoxy) is 1. The average molecular weight is 445 g/mol. The SMILES string of the molecule is CCN1CCCC([C@@H](O)c2cc(C)c(-c3ccc(C(F)(F)F)cc3OC(F)F)nn2)C1. The molecule has 0 amide bonds. The molecule has 10 heteroatoms. The predicted octanol–water partition coefficient (Wildman–Crippen LogP) is 4.84. The number of aryl methyl sites for hydroxylation is 1. The van der Waals surface area contributed by atoms with Gasteiger partial charge in [0.25, 0.3) is 0 Å². The Hall–Kier alpha value is -2.33. The van der Waals surface area contributed by atoms with Gasteiger partial charge in [0.1, 0.15) is 11.9 Å². The fraction of sp³-hybridized carbons (Fsp3) is 0.524. The summed E-state index contributed by atoms with van der Waals surface area (Å²) in [7, 11) is 0. The molecule has 2 aromatic rings. The number of hydrogen-bond acceptors (Lipinski definition) is 5. The van der Waals surface area contributed by atoms with E-state index in [0.717, 1.165) is 44.6 Å². The standard InChI is InChI=1S/C21H24F5N3O2/c1-3-29-8-4-5-13(11-29)19(30)16-9-12(2)18(28-27-16)15-7-6-14(21(24,25)26)10-17(15)31-20(22)23/h6-7,9-10,13,19-20,30H,3-5,8,11H2,1-2H3/t13?,19-/m1/s1. The molecule has 1 aliphatic heterocycles. The van der Waals surface area contributed by atoms with Crippen LogP contribution in [-0.4, -0.2) is 46.4 Å². The summed E-state index contributed by atoms with van der Waals surface area (Å²) in [6, 6.07) is 3.92. The van der Waals surface area contributed by atoms with Crippen LogP contribution in [0.1, 0.15) is 42.7 Å². The van der Waals surface area contributed by atoms with Crippen LogP contribution in [0.15, 0.2) is 24.3 Å². The van der Waals surface area contributed by atoms with E-state index >= 15 is 0 Å². The fourth-order valence-corrected chi connectivity index (χ4v) is 3.88. The molecule has 1 fully saturated rings. The second kappa shape index (κ2) is 9.44. The minimum atomic E-state index is -4.71. The number of aromatic nitrogens is 2. The molecule has 0 saturated carbocycles. The molecule has 170 valence electrons. The molecule has 1 aliphatic rings. The maximum Gasteiger partial charge on any atom is 0.416 e. The fourth-order valence-electron chi connectivity index (χ4n) is 3.88. The van der Waals surface area contributed by atoms with Gasteiger partial charge in [-0.15, -0.1) is 5.10 Å². The van der Waals surface area contributed by atoms with Gasteiger partial charge in [0.2, 0.25) is 0 Å². The number of piperidine rings is 1. The van der Waals surface area contributed by atoms with Crippen LogP contribution in [0.25, 0.3) is 11.3 Å². The molecule has 0 spiro atoms. The van der Waals surface area contributed by atoms with Crippen molar-refractivity contribution in [2.45, 2.75) is 45.6 Å². The van der Waals surface area contributed by atoms with Crippen molar-refractivity contribution in [3.05, 3.63) is 41.1 Å². The summed E-state index contributed by atoms with van der Waals surface area (Å²) in [5.41, 5.74) is -0.214. The second-order valence-electron chi connectivity index (χ2n) is 7.63. The van der Waals surface area contributed by atoms with Crippen molar-refractivity contribution in [1.82, 2.24) is 15.1 Å². The lowest BCUT2D eigenvalue weighted by molar-refractivity contribution is -0.138. The third-order valence-electron chi connectivity index (χ3n) is 5.52. The summed E-state index contributed by atoms with van der Waals surface area (Å²) in [6.45, 7) is 2.97. The number of rotatable bonds is 6. The van der Waals surface area contributed by atoms with E-state index in [1.54, 1.807) is 13.0 Å². The Labute approximate surface area is 176 Å². The number of nitrogens with zero attached hydrogens (tertiary/aromatic N) is 3. The van der Waals surface area contributed by atoms with Crippen LogP contribution in [-0.2, 0) is 6.18 Å². The monoisotopic (exact) mass is 445 g/mol. The summed E-state index contributed by atoms with van der Waals surface area (Å²) in [5, 5.41) is 18.8. The number of aliphatic hydroxyl groups is 1. The van der Waals surface area contributed by atoms with Crippen LogP contribution in [0.4, 0.5) is 22.0 Å². The van der Waals surface area contributed by atoms with E-state index in [-0.39, 0.29) is 17.2 Å². The quantitative estimate of drug-likeness (QED) is 0.645. The maximum absolute atomic E-state index is 13.0. The number of alkyl halides is 5. The Balaban J connectivity index is 1.92. The smallest absolute Gasteiger partial charge is 0.416 e. The zero-order valence-corrected chi connectivity index (χ0v) is 17.2. The average Bonchev–Trinajstić information content (AvgIpc) is 2.72. The topological polar surface area (TPSA) is 58.5 Å². The van der Waals surface area contributed by atoms with Gasteiger partial charge in [0, 0.05) is 18.0 Å². The lowest BCUT2D eigenvalue weighted by Gasteiger charge is -2.34. The van der Waals surface area contributed by atoms with Gasteiger partial charge in [0.05, 0.1) is 17.0 Å². The molecule has 2 heterocycles. The summed E-state index contributed by atoms with van der Waals surface area (Å²) in [5.74, 6) is -0.654. The van der Waals surface area contributed by atoms with E-state index in [0.29, 0.717) is 17.3 Å². The Bertz CT molecular complexity index is 907. The van der Waals surface area contributed by atoms with Crippen molar-refractivity contribution in [3.8, 4) is 17.0 Å². The summed E-state index contributed by atoms with van der Waals surface area (Å²) in [6.07, 6.45) is -3.76. The Morgan fingerprint density at radius 3 is 2.58 bits per heavy atom. The summed E-state index contributed by atoms with van der Waals surface area (Å²) in [4.78, 5) is 2.24. The highest BCUT2D eigenvalue weighted by Gasteiger charge is 2.32. The lowest BCUT2D eigenvalue weighted by Crippen LogP contribution is -2.37. The molecule has 31 heavy (non-hydrogen) atoms. The van der Waals surface area contributed by atoms with E-state index in [1.807, 2.05) is 0 Å². The largest absolute Gasteiger partial charge is 0.434 e. The van der Waals surface area contributed by atoms with Gasteiger partial charge in [-0.2, -0.15) is 27.1 Å². The molecule has 0 radical (unpaired) electrons. The molecular formula is C21H24F5N3O2. The van der Waals surface area contributed by atoms with Gasteiger partial charge in [-0.3, -0.25) is 0 Å². The van der Waals surface area contributed by atoms with Crippen LogP contribution in [0.5, 0.6) is 5.75 Å². The Morgan fingerprint density at radius 2 is 1.97 bits per heavy atom. The van der Waals surface area contributed by atoms with Crippen molar-refractivity contribution in [3.63, 3.8) is 0 Å². The van der Waals surface area contributed by atoms with Crippen molar-refractivity contribution < 1.29 is 31.8 Å². The third-order valence-corrected chi connectivity index (χ3v) is 5.52. The first kappa shape index (κ1) is 23.3. The van der Waals surface area contributed by atoms with Gasteiger partial charge in [-0.25, -0.2) is 0 Å². The van der Waals surface area contributed by atoms with Crippen LogP contribution >= 0.6 is 0 Å². The zero-order chi connectivity index (χ0) is 22.8. The van der Waals surface area contributed by atoms with Crippen molar-refractivity contribution >= 4 is 0 Å². The van der Waals surface area contributed by atoms with Crippen molar-refractivity contribution in [1.29, 1.82) is 0 Å². The normalized spacial score (nSPS) is 18.9. The van der Waals surface area contributed by atoms with Crippen LogP contribution in [0.2, 0.25) is 0 Å². The third kappa shape index (κ3) is 5.48. The van der Waals surface area contributed by atoms with E-state index in [4.69, 9.17) is 0 Å². The first-order valence-corrected chi connectivity index (χ1v) is 10.0.